The Morgan fingerprint density at radius 2 is 1.67 bits per heavy atom. The van der Waals surface area contributed by atoms with E-state index < -0.39 is 6.04 Å². The van der Waals surface area contributed by atoms with E-state index in [4.69, 9.17) is 0 Å². The lowest BCUT2D eigenvalue weighted by molar-refractivity contribution is -0.136. The predicted octanol–water partition coefficient (Wildman–Crippen LogP) is 3.18. The van der Waals surface area contributed by atoms with Gasteiger partial charge in [0.1, 0.15) is 11.6 Å². The van der Waals surface area contributed by atoms with Crippen LogP contribution < -0.4 is 5.56 Å². The van der Waals surface area contributed by atoms with E-state index in [0.29, 0.717) is 25.0 Å². The van der Waals surface area contributed by atoms with E-state index in [1.54, 1.807) is 13.2 Å². The molecule has 1 unspecified atom stereocenters. The SMILES string of the molecule is CCC(C(=O)N1CCN(Cc2ccccc2)CC1)n1c2ccccc2c2cnn(C)c(=O)c21. The summed E-state index contributed by atoms with van der Waals surface area (Å²) in [7, 11) is 1.65. The number of hydrogen-bond acceptors (Lipinski definition) is 4. The van der Waals surface area contributed by atoms with Crippen LogP contribution in [0, 0.1) is 0 Å². The number of para-hydroxylation sites is 1. The molecule has 7 heteroatoms. The van der Waals surface area contributed by atoms with Gasteiger partial charge in [-0.2, -0.15) is 5.10 Å². The van der Waals surface area contributed by atoms with Crippen LogP contribution in [0.3, 0.4) is 0 Å². The quantitative estimate of drug-likeness (QED) is 0.475. The maximum atomic E-state index is 13.7. The van der Waals surface area contributed by atoms with Crippen molar-refractivity contribution < 1.29 is 4.79 Å². The molecule has 170 valence electrons. The van der Waals surface area contributed by atoms with Gasteiger partial charge < -0.3 is 9.47 Å². The van der Waals surface area contributed by atoms with Crippen LogP contribution in [0.5, 0.6) is 0 Å². The fraction of sp³-hybridized carbons (Fsp3) is 0.346. The molecule has 0 saturated carbocycles. The number of piperazine rings is 1. The van der Waals surface area contributed by atoms with Gasteiger partial charge in [0.05, 0.1) is 11.7 Å². The first-order valence-corrected chi connectivity index (χ1v) is 11.6. The molecule has 1 amide bonds. The van der Waals surface area contributed by atoms with Crippen LogP contribution >= 0.6 is 0 Å². The Hall–Kier alpha value is -3.45. The van der Waals surface area contributed by atoms with Crippen LogP contribution in [0.4, 0.5) is 0 Å². The van der Waals surface area contributed by atoms with Crippen molar-refractivity contribution in [3.63, 3.8) is 0 Å². The molecule has 0 spiro atoms. The van der Waals surface area contributed by atoms with Crippen LogP contribution in [0.1, 0.15) is 24.9 Å². The molecule has 1 fully saturated rings. The van der Waals surface area contributed by atoms with Crippen LogP contribution in [-0.4, -0.2) is 56.2 Å². The molecule has 0 N–H and O–H groups in total. The molecule has 2 aromatic carbocycles. The first kappa shape index (κ1) is 21.4. The molecule has 1 saturated heterocycles. The maximum absolute atomic E-state index is 13.7. The third-order valence-corrected chi connectivity index (χ3v) is 6.72. The highest BCUT2D eigenvalue weighted by Gasteiger charge is 2.30. The molecule has 1 aliphatic heterocycles. The third kappa shape index (κ3) is 3.82. The van der Waals surface area contributed by atoms with Gasteiger partial charge in [0.25, 0.3) is 5.56 Å². The summed E-state index contributed by atoms with van der Waals surface area (Å²) in [6, 6.07) is 17.9. The Kier molecular flexibility index (Phi) is 5.72. The molecule has 0 bridgehead atoms. The van der Waals surface area contributed by atoms with E-state index in [-0.39, 0.29) is 11.5 Å². The molecule has 7 nitrogen and oxygen atoms in total. The minimum absolute atomic E-state index is 0.0818. The van der Waals surface area contributed by atoms with Gasteiger partial charge in [-0.25, -0.2) is 4.68 Å². The Balaban J connectivity index is 1.44. The standard InChI is InChI=1S/C26H29N5O2/c1-3-22(25(32)30-15-13-29(14-16-30)18-19-9-5-4-6-10-19)31-23-12-8-7-11-20(23)21-17-27-28(2)26(33)24(21)31/h4-12,17,22H,3,13-16,18H2,1-2H3. The van der Waals surface area contributed by atoms with Crippen LogP contribution in [0.2, 0.25) is 0 Å². The molecule has 1 aliphatic rings. The Morgan fingerprint density at radius 3 is 2.39 bits per heavy atom. The van der Waals surface area contributed by atoms with E-state index >= 15 is 0 Å². The highest BCUT2D eigenvalue weighted by molar-refractivity contribution is 6.08. The second-order valence-corrected chi connectivity index (χ2v) is 8.73. The second-order valence-electron chi connectivity index (χ2n) is 8.73. The summed E-state index contributed by atoms with van der Waals surface area (Å²) in [5, 5.41) is 5.98. The number of amides is 1. The van der Waals surface area contributed by atoms with Crippen LogP contribution in [0.25, 0.3) is 21.8 Å². The predicted molar refractivity (Wildman–Crippen MR) is 130 cm³/mol. The average Bonchev–Trinajstić information content (AvgIpc) is 3.18. The first-order chi connectivity index (χ1) is 16.1. The molecule has 1 atom stereocenters. The largest absolute Gasteiger partial charge is 0.338 e. The fourth-order valence-electron chi connectivity index (χ4n) is 4.96. The lowest BCUT2D eigenvalue weighted by atomic mass is 10.1. The fourth-order valence-corrected chi connectivity index (χ4v) is 4.96. The normalized spacial score (nSPS) is 15.9. The Morgan fingerprint density at radius 1 is 0.970 bits per heavy atom. The zero-order chi connectivity index (χ0) is 22.9. The summed E-state index contributed by atoms with van der Waals surface area (Å²) in [5.74, 6) is 0.0818. The Labute approximate surface area is 192 Å². The second kappa shape index (κ2) is 8.83. The van der Waals surface area contributed by atoms with E-state index in [9.17, 15) is 9.59 Å². The number of benzene rings is 2. The van der Waals surface area contributed by atoms with Gasteiger partial charge in [-0.1, -0.05) is 55.5 Å². The van der Waals surface area contributed by atoms with E-state index in [2.05, 4.69) is 34.3 Å². The van der Waals surface area contributed by atoms with Gasteiger partial charge in [-0.15, -0.1) is 0 Å². The van der Waals surface area contributed by atoms with Crippen LogP contribution in [0.15, 0.2) is 65.6 Å². The third-order valence-electron chi connectivity index (χ3n) is 6.72. The minimum atomic E-state index is -0.428. The van der Waals surface area contributed by atoms with E-state index in [1.165, 1.54) is 10.2 Å². The molecular weight excluding hydrogens is 414 g/mol. The highest BCUT2D eigenvalue weighted by atomic mass is 16.2. The van der Waals surface area contributed by atoms with Gasteiger partial charge >= 0.3 is 0 Å². The molecule has 4 aromatic rings. The summed E-state index contributed by atoms with van der Waals surface area (Å²) in [5.41, 5.74) is 2.57. The van der Waals surface area contributed by atoms with Gasteiger partial charge in [-0.05, 0) is 18.1 Å². The highest BCUT2D eigenvalue weighted by Crippen LogP contribution is 2.31. The minimum Gasteiger partial charge on any atom is -0.338 e. The molecular formula is C26H29N5O2. The van der Waals surface area contributed by atoms with Gasteiger partial charge in [0.2, 0.25) is 5.91 Å². The molecule has 2 aromatic heterocycles. The first-order valence-electron chi connectivity index (χ1n) is 11.6. The van der Waals surface area contributed by atoms with Crippen molar-refractivity contribution in [2.24, 2.45) is 7.05 Å². The topological polar surface area (TPSA) is 63.4 Å². The Bertz CT molecular complexity index is 1350. The summed E-state index contributed by atoms with van der Waals surface area (Å²) in [6.07, 6.45) is 2.34. The van der Waals surface area contributed by atoms with E-state index in [0.717, 1.165) is 35.9 Å². The molecule has 5 rings (SSSR count). The van der Waals surface area contributed by atoms with Crippen molar-refractivity contribution >= 4 is 27.7 Å². The zero-order valence-corrected chi connectivity index (χ0v) is 19.1. The van der Waals surface area contributed by atoms with E-state index in [1.807, 2.05) is 46.7 Å². The molecule has 0 aliphatic carbocycles. The number of aromatic nitrogens is 3. The lowest BCUT2D eigenvalue weighted by Gasteiger charge is -2.36. The van der Waals surface area contributed by atoms with Crippen LogP contribution in [-0.2, 0) is 18.4 Å². The molecule has 33 heavy (non-hydrogen) atoms. The van der Waals surface area contributed by atoms with Gasteiger partial charge in [0.15, 0.2) is 0 Å². The van der Waals surface area contributed by atoms with Crippen molar-refractivity contribution in [2.75, 3.05) is 26.2 Å². The number of carbonyl (C=O) groups is 1. The number of carbonyl (C=O) groups excluding carboxylic acids is 1. The summed E-state index contributed by atoms with van der Waals surface area (Å²) >= 11 is 0. The summed E-state index contributed by atoms with van der Waals surface area (Å²) < 4.78 is 3.30. The average molecular weight is 444 g/mol. The number of hydrogen-bond donors (Lipinski definition) is 0. The monoisotopic (exact) mass is 443 g/mol. The van der Waals surface area contributed by atoms with Crippen molar-refractivity contribution in [1.29, 1.82) is 0 Å². The number of nitrogens with zero attached hydrogens (tertiary/aromatic N) is 5. The molecule has 3 heterocycles. The van der Waals surface area contributed by atoms with Gasteiger partial charge in [0, 0.05) is 50.5 Å². The summed E-state index contributed by atoms with van der Waals surface area (Å²) in [4.78, 5) is 31.2. The smallest absolute Gasteiger partial charge is 0.291 e. The van der Waals surface area contributed by atoms with Crippen molar-refractivity contribution in [1.82, 2.24) is 24.1 Å². The zero-order valence-electron chi connectivity index (χ0n) is 19.1. The van der Waals surface area contributed by atoms with Crippen molar-refractivity contribution in [2.45, 2.75) is 25.9 Å². The summed E-state index contributed by atoms with van der Waals surface area (Å²) in [6.45, 7) is 5.99. The number of fused-ring (bicyclic) bond motifs is 3. The number of rotatable bonds is 5. The number of aryl methyl sites for hydroxylation is 1. The van der Waals surface area contributed by atoms with Crippen molar-refractivity contribution in [3.05, 3.63) is 76.7 Å². The lowest BCUT2D eigenvalue weighted by Crippen LogP contribution is -2.50. The maximum Gasteiger partial charge on any atom is 0.291 e. The van der Waals surface area contributed by atoms with Crippen molar-refractivity contribution in [3.8, 4) is 0 Å². The van der Waals surface area contributed by atoms with Gasteiger partial charge in [-0.3, -0.25) is 14.5 Å². The molecule has 0 radical (unpaired) electrons.